The van der Waals surface area contributed by atoms with Crippen LogP contribution in [0.5, 0.6) is 0 Å². The van der Waals surface area contributed by atoms with E-state index in [1.54, 1.807) is 0 Å². The predicted molar refractivity (Wildman–Crippen MR) is 49.4 cm³/mol. The average molecular weight is 208 g/mol. The normalized spacial score (nSPS) is 16.6. The van der Waals surface area contributed by atoms with Crippen molar-refractivity contribution >= 4 is 28.9 Å². The van der Waals surface area contributed by atoms with E-state index in [0.717, 1.165) is 16.7 Å². The molecule has 0 radical (unpaired) electrons. The van der Waals surface area contributed by atoms with Crippen molar-refractivity contribution in [1.82, 2.24) is 15.0 Å². The van der Waals surface area contributed by atoms with Crippen LogP contribution in [0.3, 0.4) is 0 Å². The molecule has 1 saturated heterocycles. The Hall–Kier alpha value is -1.76. The monoisotopic (exact) mass is 208 g/mol. The molecule has 1 fully saturated rings. The summed E-state index contributed by atoms with van der Waals surface area (Å²) in [5.74, 6) is -0.452. The summed E-state index contributed by atoms with van der Waals surface area (Å²) in [6, 6.07) is 0. The van der Waals surface area contributed by atoms with E-state index >= 15 is 0 Å². The molecule has 2 heterocycles. The molecule has 1 aromatic rings. The molecule has 0 atom stereocenters. The van der Waals surface area contributed by atoms with Gasteiger partial charge in [-0.2, -0.15) is 0 Å². The summed E-state index contributed by atoms with van der Waals surface area (Å²) in [6.45, 7) is 3.44. The lowest BCUT2D eigenvalue weighted by atomic mass is 10.5. The summed E-state index contributed by atoms with van der Waals surface area (Å²) in [5.41, 5.74) is 0. The van der Waals surface area contributed by atoms with E-state index in [2.05, 4.69) is 21.5 Å². The van der Waals surface area contributed by atoms with Gasteiger partial charge in [0, 0.05) is 0 Å². The summed E-state index contributed by atoms with van der Waals surface area (Å²) in [7, 11) is 0. The van der Waals surface area contributed by atoms with Crippen molar-refractivity contribution in [1.29, 1.82) is 0 Å². The largest absolute Gasteiger partial charge is 0.300 e. The second-order valence-corrected chi connectivity index (χ2v) is 3.42. The Kier molecular flexibility index (Phi) is 2.01. The molecule has 0 bridgehead atoms. The van der Waals surface area contributed by atoms with Crippen LogP contribution in [0, 0.1) is 0 Å². The molecule has 0 aromatic carbocycles. The van der Waals surface area contributed by atoms with Crippen LogP contribution in [-0.2, 0) is 4.79 Å². The van der Waals surface area contributed by atoms with Gasteiger partial charge in [-0.1, -0.05) is 6.58 Å². The summed E-state index contributed by atoms with van der Waals surface area (Å²) in [4.78, 5) is 34.7. The molecule has 0 unspecified atom stereocenters. The first kappa shape index (κ1) is 8.82. The second kappa shape index (κ2) is 3.18. The Morgan fingerprint density at radius 2 is 1.93 bits per heavy atom. The van der Waals surface area contributed by atoms with E-state index in [1.807, 2.05) is 0 Å². The van der Waals surface area contributed by atoms with Gasteiger partial charge in [0.1, 0.15) is 12.7 Å². The first-order chi connectivity index (χ1) is 6.70. The number of anilines is 1. The molecule has 0 N–H and O–H groups in total. The zero-order valence-electron chi connectivity index (χ0n) is 6.88. The summed E-state index contributed by atoms with van der Waals surface area (Å²) >= 11 is 0.774. The van der Waals surface area contributed by atoms with Gasteiger partial charge in [0.15, 0.2) is 0 Å². The second-order valence-electron chi connectivity index (χ2n) is 2.37. The molecule has 0 spiro atoms. The lowest BCUT2D eigenvalue weighted by Crippen LogP contribution is -2.29. The van der Waals surface area contributed by atoms with Gasteiger partial charge in [-0.15, -0.1) is 0 Å². The van der Waals surface area contributed by atoms with Crippen molar-refractivity contribution in [2.45, 2.75) is 0 Å². The molecule has 14 heavy (non-hydrogen) atoms. The summed E-state index contributed by atoms with van der Waals surface area (Å²) in [5, 5.41) is -0.439. The van der Waals surface area contributed by atoms with Crippen molar-refractivity contribution in [2.24, 2.45) is 0 Å². The quantitative estimate of drug-likeness (QED) is 0.628. The minimum atomic E-state index is -0.480. The Morgan fingerprint density at radius 1 is 1.29 bits per heavy atom. The van der Waals surface area contributed by atoms with E-state index in [-0.39, 0.29) is 10.9 Å². The number of imide groups is 1. The Morgan fingerprint density at radius 3 is 2.43 bits per heavy atom. The van der Waals surface area contributed by atoms with E-state index in [1.165, 1.54) is 12.7 Å². The van der Waals surface area contributed by atoms with E-state index in [4.69, 9.17) is 0 Å². The van der Waals surface area contributed by atoms with Gasteiger partial charge in [-0.25, -0.2) is 19.9 Å². The van der Waals surface area contributed by atoms with Crippen molar-refractivity contribution in [2.75, 3.05) is 4.90 Å². The highest BCUT2D eigenvalue weighted by Gasteiger charge is 2.36. The maximum absolute atomic E-state index is 11.4. The average Bonchev–Trinajstić information content (AvgIpc) is 2.43. The molecule has 7 heteroatoms. The van der Waals surface area contributed by atoms with Gasteiger partial charge in [0.05, 0.1) is 4.91 Å². The highest BCUT2D eigenvalue weighted by Crippen LogP contribution is 2.30. The van der Waals surface area contributed by atoms with Gasteiger partial charge in [-0.05, 0) is 11.8 Å². The van der Waals surface area contributed by atoms with Gasteiger partial charge < -0.3 is 0 Å². The number of aromatic nitrogens is 3. The molecule has 1 aliphatic heterocycles. The maximum Gasteiger partial charge on any atom is 0.300 e. The molecule has 0 saturated carbocycles. The molecular weight excluding hydrogens is 204 g/mol. The third kappa shape index (κ3) is 1.27. The SMILES string of the molecule is C=C1SC(=O)N(c2ncncn2)C1=O. The topological polar surface area (TPSA) is 76.1 Å². The molecule has 0 aliphatic carbocycles. The van der Waals surface area contributed by atoms with E-state index in [9.17, 15) is 9.59 Å². The number of carbonyl (C=O) groups excluding carboxylic acids is 2. The third-order valence-corrected chi connectivity index (χ3v) is 2.29. The van der Waals surface area contributed by atoms with Crippen LogP contribution < -0.4 is 4.90 Å². The minimum Gasteiger partial charge on any atom is -0.267 e. The summed E-state index contributed by atoms with van der Waals surface area (Å²) < 4.78 is 0. The number of nitrogens with zero attached hydrogens (tertiary/aromatic N) is 4. The van der Waals surface area contributed by atoms with Crippen molar-refractivity contribution in [3.63, 3.8) is 0 Å². The van der Waals surface area contributed by atoms with Crippen LogP contribution in [0.2, 0.25) is 0 Å². The van der Waals surface area contributed by atoms with E-state index in [0.29, 0.717) is 0 Å². The molecule has 6 nitrogen and oxygen atoms in total. The molecule has 2 rings (SSSR count). The zero-order chi connectivity index (χ0) is 10.1. The van der Waals surface area contributed by atoms with Crippen molar-refractivity contribution in [3.05, 3.63) is 24.1 Å². The van der Waals surface area contributed by atoms with Gasteiger partial charge in [-0.3, -0.25) is 9.59 Å². The smallest absolute Gasteiger partial charge is 0.267 e. The van der Waals surface area contributed by atoms with Crippen LogP contribution in [0.1, 0.15) is 0 Å². The number of thioether (sulfide) groups is 1. The standard InChI is InChI=1S/C7H4N4O2S/c1-4-5(12)11(7(13)14-4)6-9-2-8-3-10-6/h2-3H,1H2. The first-order valence-corrected chi connectivity index (χ1v) is 4.39. The minimum absolute atomic E-state index is 0.0288. The molecular formula is C7H4N4O2S. The van der Waals surface area contributed by atoms with Crippen LogP contribution in [0.4, 0.5) is 10.7 Å². The number of hydrogen-bond donors (Lipinski definition) is 0. The van der Waals surface area contributed by atoms with Crippen LogP contribution in [0.15, 0.2) is 24.1 Å². The molecule has 1 aliphatic rings. The lowest BCUT2D eigenvalue weighted by Gasteiger charge is -2.07. The number of amides is 2. The Labute approximate surface area is 83.1 Å². The maximum atomic E-state index is 11.4. The zero-order valence-corrected chi connectivity index (χ0v) is 7.69. The molecule has 1 aromatic heterocycles. The van der Waals surface area contributed by atoms with Gasteiger partial charge in [0.25, 0.3) is 5.91 Å². The highest BCUT2D eigenvalue weighted by atomic mass is 32.2. The van der Waals surface area contributed by atoms with Gasteiger partial charge >= 0.3 is 5.24 Å². The number of hydrogen-bond acceptors (Lipinski definition) is 6. The number of carbonyl (C=O) groups is 2. The first-order valence-electron chi connectivity index (χ1n) is 3.57. The molecule has 2 amide bonds. The van der Waals surface area contributed by atoms with Crippen LogP contribution in [-0.4, -0.2) is 26.1 Å². The predicted octanol–water partition coefficient (Wildman–Crippen LogP) is 0.585. The van der Waals surface area contributed by atoms with Gasteiger partial charge in [0.2, 0.25) is 5.95 Å². The third-order valence-electron chi connectivity index (χ3n) is 1.51. The van der Waals surface area contributed by atoms with Crippen LogP contribution in [0.25, 0.3) is 0 Å². The lowest BCUT2D eigenvalue weighted by molar-refractivity contribution is -0.113. The van der Waals surface area contributed by atoms with Crippen molar-refractivity contribution in [3.8, 4) is 0 Å². The Balaban J connectivity index is 2.41. The van der Waals surface area contributed by atoms with Crippen LogP contribution >= 0.6 is 11.8 Å². The number of rotatable bonds is 1. The fraction of sp³-hybridized carbons (Fsp3) is 0. The van der Waals surface area contributed by atoms with Crippen molar-refractivity contribution < 1.29 is 9.59 Å². The summed E-state index contributed by atoms with van der Waals surface area (Å²) in [6.07, 6.45) is 2.43. The molecule has 70 valence electrons. The Bertz CT molecular complexity index is 419. The highest BCUT2D eigenvalue weighted by molar-refractivity contribution is 8.18. The fourth-order valence-electron chi connectivity index (χ4n) is 0.923. The fourth-order valence-corrected chi connectivity index (χ4v) is 1.57. The van der Waals surface area contributed by atoms with E-state index < -0.39 is 11.1 Å².